The minimum atomic E-state index is -1.02. The molecule has 1 aliphatic heterocycles. The van der Waals surface area contributed by atoms with Crippen molar-refractivity contribution in [1.82, 2.24) is 9.88 Å². The van der Waals surface area contributed by atoms with E-state index in [0.29, 0.717) is 18.5 Å². The monoisotopic (exact) mass is 392 g/mol. The molecule has 150 valence electrons. The predicted octanol–water partition coefficient (Wildman–Crippen LogP) is 3.96. The summed E-state index contributed by atoms with van der Waals surface area (Å²) in [4.78, 5) is 7.06. The van der Waals surface area contributed by atoms with Gasteiger partial charge in [0.2, 0.25) is 0 Å². The summed E-state index contributed by atoms with van der Waals surface area (Å²) in [5, 5.41) is 11.5. The molecule has 3 atom stereocenters. The Balaban J connectivity index is 0.00000182. The van der Waals surface area contributed by atoms with Gasteiger partial charge in [0.05, 0.1) is 5.69 Å². The van der Waals surface area contributed by atoms with Gasteiger partial charge in [-0.3, -0.25) is 9.88 Å². The standard InChI is InChI=1S/C22H30N2O.ClH.H2O/c1-18-10-8-11-19(2)24(18)17-9-15-22(25,20-12-4-3-5-13-20)21-14-6-7-16-23-21;;/h3-7,12-14,16,18-19,25H,8-11,15,17H2,1-2H3;1H;1H2/t18-,19+,22?;;. The maximum Gasteiger partial charge on any atom is 0.131 e. The summed E-state index contributed by atoms with van der Waals surface area (Å²) < 4.78 is 0. The largest absolute Gasteiger partial charge is 0.412 e. The Labute approximate surface area is 169 Å². The van der Waals surface area contributed by atoms with Gasteiger partial charge < -0.3 is 10.6 Å². The van der Waals surface area contributed by atoms with E-state index in [0.717, 1.165) is 24.2 Å². The zero-order valence-corrected chi connectivity index (χ0v) is 17.2. The van der Waals surface area contributed by atoms with Crippen LogP contribution in [0, 0.1) is 0 Å². The molecule has 1 aromatic heterocycles. The van der Waals surface area contributed by atoms with Crippen molar-refractivity contribution in [2.45, 2.75) is 63.6 Å². The normalized spacial score (nSPS) is 22.2. The summed E-state index contributed by atoms with van der Waals surface area (Å²) >= 11 is 0. The first-order valence-electron chi connectivity index (χ1n) is 9.56. The highest BCUT2D eigenvalue weighted by atomic mass is 35.5. The number of nitrogens with zero attached hydrogens (tertiary/aromatic N) is 2. The van der Waals surface area contributed by atoms with Crippen molar-refractivity contribution in [3.05, 3.63) is 66.0 Å². The number of piperidine rings is 1. The van der Waals surface area contributed by atoms with E-state index in [-0.39, 0.29) is 17.9 Å². The Morgan fingerprint density at radius 3 is 2.26 bits per heavy atom. The molecule has 0 amide bonds. The molecule has 3 rings (SSSR count). The highest BCUT2D eigenvalue weighted by Crippen LogP contribution is 2.33. The van der Waals surface area contributed by atoms with E-state index in [9.17, 15) is 5.11 Å². The second-order valence-corrected chi connectivity index (χ2v) is 7.41. The molecule has 1 unspecified atom stereocenters. The van der Waals surface area contributed by atoms with Crippen LogP contribution >= 0.6 is 12.4 Å². The van der Waals surface area contributed by atoms with Crippen molar-refractivity contribution >= 4 is 12.4 Å². The summed E-state index contributed by atoms with van der Waals surface area (Å²) in [7, 11) is 0. The Bertz CT molecular complexity index is 604. The third-order valence-corrected chi connectivity index (χ3v) is 5.67. The molecule has 2 heterocycles. The van der Waals surface area contributed by atoms with Crippen LogP contribution in [0.1, 0.15) is 57.2 Å². The minimum Gasteiger partial charge on any atom is -0.412 e. The Morgan fingerprint density at radius 1 is 1.04 bits per heavy atom. The fourth-order valence-electron chi connectivity index (χ4n) is 4.17. The predicted molar refractivity (Wildman–Crippen MR) is 113 cm³/mol. The highest BCUT2D eigenvalue weighted by molar-refractivity contribution is 5.85. The summed E-state index contributed by atoms with van der Waals surface area (Å²) in [5.41, 5.74) is 0.638. The fourth-order valence-corrected chi connectivity index (χ4v) is 4.17. The molecule has 0 spiro atoms. The number of hydrogen-bond acceptors (Lipinski definition) is 3. The molecule has 5 heteroatoms. The lowest BCUT2D eigenvalue weighted by molar-refractivity contribution is 0.0489. The summed E-state index contributed by atoms with van der Waals surface area (Å²) in [5.74, 6) is 0. The van der Waals surface area contributed by atoms with E-state index >= 15 is 0 Å². The highest BCUT2D eigenvalue weighted by Gasteiger charge is 2.33. The molecule has 0 bridgehead atoms. The average molecular weight is 393 g/mol. The first-order valence-corrected chi connectivity index (χ1v) is 9.56. The summed E-state index contributed by atoms with van der Waals surface area (Å²) in [6.07, 6.45) is 7.31. The Kier molecular flexibility index (Phi) is 9.40. The maximum absolute atomic E-state index is 11.5. The van der Waals surface area contributed by atoms with Crippen LogP contribution in [0.5, 0.6) is 0 Å². The fraction of sp³-hybridized carbons (Fsp3) is 0.500. The molecule has 0 aliphatic carbocycles. The van der Waals surface area contributed by atoms with Gasteiger partial charge in [-0.05, 0) is 63.8 Å². The molecule has 1 aliphatic rings. The second kappa shape index (κ2) is 10.8. The van der Waals surface area contributed by atoms with E-state index in [1.165, 1.54) is 19.3 Å². The molecule has 1 aromatic carbocycles. The van der Waals surface area contributed by atoms with E-state index in [2.05, 4.69) is 23.7 Å². The van der Waals surface area contributed by atoms with Gasteiger partial charge in [0, 0.05) is 18.3 Å². The van der Waals surface area contributed by atoms with Crippen LogP contribution in [0.4, 0.5) is 0 Å². The molecule has 3 N–H and O–H groups in total. The van der Waals surface area contributed by atoms with Gasteiger partial charge >= 0.3 is 0 Å². The molecule has 27 heavy (non-hydrogen) atoms. The van der Waals surface area contributed by atoms with Gasteiger partial charge in [0.1, 0.15) is 5.60 Å². The molecule has 0 radical (unpaired) electrons. The van der Waals surface area contributed by atoms with Crippen LogP contribution in [-0.4, -0.2) is 39.1 Å². The third-order valence-electron chi connectivity index (χ3n) is 5.67. The number of hydrogen-bond donors (Lipinski definition) is 1. The molecular formula is C22H33ClN2O2. The lowest BCUT2D eigenvalue weighted by atomic mass is 9.85. The first kappa shape index (κ1) is 23.6. The average Bonchev–Trinajstić information content (AvgIpc) is 2.65. The zero-order chi connectivity index (χ0) is 17.7. The lowest BCUT2D eigenvalue weighted by Crippen LogP contribution is -2.44. The summed E-state index contributed by atoms with van der Waals surface area (Å²) in [6, 6.07) is 17.0. The Hall–Kier alpha value is -1.46. The summed E-state index contributed by atoms with van der Waals surface area (Å²) in [6.45, 7) is 5.69. The van der Waals surface area contributed by atoms with Crippen molar-refractivity contribution in [3.8, 4) is 0 Å². The van der Waals surface area contributed by atoms with E-state index in [1.807, 2.05) is 48.5 Å². The SMILES string of the molecule is C[C@@H]1CCC[C@H](C)N1CCCC(O)(c1ccccc1)c1ccccn1.Cl.O. The maximum atomic E-state index is 11.5. The quantitative estimate of drug-likeness (QED) is 0.808. The van der Waals surface area contributed by atoms with Crippen molar-refractivity contribution in [2.24, 2.45) is 0 Å². The van der Waals surface area contributed by atoms with Crippen LogP contribution in [0.15, 0.2) is 54.7 Å². The van der Waals surface area contributed by atoms with E-state index in [4.69, 9.17) is 0 Å². The van der Waals surface area contributed by atoms with Crippen molar-refractivity contribution in [1.29, 1.82) is 0 Å². The topological polar surface area (TPSA) is 67.9 Å². The number of pyridine rings is 1. The van der Waals surface area contributed by atoms with E-state index < -0.39 is 5.60 Å². The van der Waals surface area contributed by atoms with Crippen LogP contribution in [0.25, 0.3) is 0 Å². The van der Waals surface area contributed by atoms with Gasteiger partial charge in [0.25, 0.3) is 0 Å². The number of aromatic nitrogens is 1. The zero-order valence-electron chi connectivity index (χ0n) is 16.3. The van der Waals surface area contributed by atoms with Gasteiger partial charge in [0.15, 0.2) is 0 Å². The van der Waals surface area contributed by atoms with Crippen LogP contribution in [0.2, 0.25) is 0 Å². The minimum absolute atomic E-state index is 0. The molecule has 4 nitrogen and oxygen atoms in total. The lowest BCUT2D eigenvalue weighted by Gasteiger charge is -2.39. The molecule has 1 saturated heterocycles. The van der Waals surface area contributed by atoms with E-state index in [1.54, 1.807) is 6.20 Å². The molecule has 0 saturated carbocycles. The molecular weight excluding hydrogens is 360 g/mol. The van der Waals surface area contributed by atoms with Gasteiger partial charge in [-0.15, -0.1) is 12.4 Å². The second-order valence-electron chi connectivity index (χ2n) is 7.41. The van der Waals surface area contributed by atoms with Crippen LogP contribution in [0.3, 0.4) is 0 Å². The van der Waals surface area contributed by atoms with Gasteiger partial charge in [-0.1, -0.05) is 42.8 Å². The van der Waals surface area contributed by atoms with Gasteiger partial charge in [-0.2, -0.15) is 0 Å². The van der Waals surface area contributed by atoms with Crippen LogP contribution < -0.4 is 0 Å². The number of likely N-dealkylation sites (tertiary alicyclic amines) is 1. The number of aliphatic hydroxyl groups is 1. The van der Waals surface area contributed by atoms with Gasteiger partial charge in [-0.25, -0.2) is 0 Å². The van der Waals surface area contributed by atoms with Crippen molar-refractivity contribution in [3.63, 3.8) is 0 Å². The Morgan fingerprint density at radius 2 is 1.67 bits per heavy atom. The molecule has 1 fully saturated rings. The number of halogens is 1. The third kappa shape index (κ3) is 5.52. The van der Waals surface area contributed by atoms with Crippen molar-refractivity contribution in [2.75, 3.05) is 6.54 Å². The number of rotatable bonds is 6. The van der Waals surface area contributed by atoms with Crippen LogP contribution in [-0.2, 0) is 5.60 Å². The number of benzene rings is 1. The smallest absolute Gasteiger partial charge is 0.131 e. The molecule has 2 aromatic rings. The first-order chi connectivity index (χ1) is 12.1. The van der Waals surface area contributed by atoms with Crippen molar-refractivity contribution < 1.29 is 10.6 Å².